The van der Waals surface area contributed by atoms with Crippen molar-refractivity contribution in [2.75, 3.05) is 16.8 Å². The van der Waals surface area contributed by atoms with E-state index in [9.17, 15) is 27.2 Å². The quantitative estimate of drug-likeness (QED) is 0.197. The third kappa shape index (κ3) is 5.22. The van der Waals surface area contributed by atoms with Crippen molar-refractivity contribution < 1.29 is 27.2 Å². The average Bonchev–Trinajstić information content (AvgIpc) is 3.06. The van der Waals surface area contributed by atoms with Gasteiger partial charge in [-0.25, -0.2) is 32.2 Å². The van der Waals surface area contributed by atoms with Gasteiger partial charge in [-0.1, -0.05) is 53.0 Å². The monoisotopic (exact) mass is 572 g/mol. The van der Waals surface area contributed by atoms with E-state index in [1.54, 1.807) is 18.2 Å². The molecule has 13 heteroatoms. The lowest BCUT2D eigenvalue weighted by molar-refractivity contribution is -0.119. The lowest BCUT2D eigenvalue weighted by Crippen LogP contribution is -2.43. The van der Waals surface area contributed by atoms with Crippen molar-refractivity contribution in [1.29, 1.82) is 0 Å². The number of hydrogen-bond donors (Lipinski definition) is 0. The minimum absolute atomic E-state index is 0.179. The number of alkyl halides is 3. The Morgan fingerprint density at radius 3 is 1.78 bits per heavy atom. The van der Waals surface area contributed by atoms with Gasteiger partial charge in [-0.05, 0) is 36.4 Å². The molecule has 37 heavy (non-hydrogen) atoms. The van der Waals surface area contributed by atoms with Crippen molar-refractivity contribution in [2.24, 2.45) is 4.99 Å². The summed E-state index contributed by atoms with van der Waals surface area (Å²) in [6.07, 6.45) is -1.77. The molecule has 1 heterocycles. The molecule has 3 aromatic rings. The number of anilines is 3. The Morgan fingerprint density at radius 2 is 1.32 bits per heavy atom. The van der Waals surface area contributed by atoms with Crippen molar-refractivity contribution >= 4 is 69.6 Å². The molecule has 1 atom stereocenters. The second-order valence-electron chi connectivity index (χ2n) is 7.75. The first-order valence-electron chi connectivity index (χ1n) is 10.4. The second-order valence-corrected chi connectivity index (χ2v) is 10.1. The Kier molecular flexibility index (Phi) is 7.36. The first-order chi connectivity index (χ1) is 17.4. The van der Waals surface area contributed by atoms with Gasteiger partial charge in [0.15, 0.2) is 29.4 Å². The molecule has 0 radical (unpaired) electrons. The molecule has 192 valence electrons. The predicted molar refractivity (Wildman–Crippen MR) is 133 cm³/mol. The van der Waals surface area contributed by atoms with E-state index in [1.165, 1.54) is 19.2 Å². The maximum absolute atomic E-state index is 14.2. The van der Waals surface area contributed by atoms with Crippen LogP contribution in [-0.4, -0.2) is 39.7 Å². The van der Waals surface area contributed by atoms with Gasteiger partial charge in [0, 0.05) is 30.6 Å². The average molecular weight is 574 g/mol. The molecule has 4 rings (SSSR count). The van der Waals surface area contributed by atoms with Gasteiger partial charge in [-0.2, -0.15) is 0 Å². The van der Waals surface area contributed by atoms with Crippen LogP contribution in [0.2, 0.25) is 0 Å². The summed E-state index contributed by atoms with van der Waals surface area (Å²) in [6, 6.07) is 12.4. The Labute approximate surface area is 223 Å². The molecule has 0 aromatic heterocycles. The van der Waals surface area contributed by atoms with Crippen LogP contribution in [0.1, 0.15) is 0 Å². The van der Waals surface area contributed by atoms with E-state index < -0.39 is 51.0 Å². The molecule has 1 saturated heterocycles. The summed E-state index contributed by atoms with van der Waals surface area (Å²) in [5.74, 6) is -6.30. The van der Waals surface area contributed by atoms with Gasteiger partial charge in [0.2, 0.25) is 9.63 Å². The van der Waals surface area contributed by atoms with Crippen LogP contribution < -0.4 is 9.80 Å². The van der Waals surface area contributed by atoms with Gasteiger partial charge < -0.3 is 4.90 Å². The van der Waals surface area contributed by atoms with E-state index in [-0.39, 0.29) is 17.1 Å². The van der Waals surface area contributed by atoms with Gasteiger partial charge in [0.05, 0.1) is 5.69 Å². The van der Waals surface area contributed by atoms with Crippen LogP contribution in [0.5, 0.6) is 0 Å². The lowest BCUT2D eigenvalue weighted by atomic mass is 10.2. The summed E-state index contributed by atoms with van der Waals surface area (Å²) in [4.78, 5) is 32.9. The molecular weight excluding hydrogens is 559 g/mol. The van der Waals surface area contributed by atoms with Gasteiger partial charge in [-0.3, -0.25) is 9.69 Å². The highest BCUT2D eigenvalue weighted by molar-refractivity contribution is 6.68. The summed E-state index contributed by atoms with van der Waals surface area (Å²) < 4.78 is 53.5. The molecule has 3 amide bonds. The van der Waals surface area contributed by atoms with E-state index >= 15 is 0 Å². The van der Waals surface area contributed by atoms with Crippen molar-refractivity contribution in [1.82, 2.24) is 4.90 Å². The summed E-state index contributed by atoms with van der Waals surface area (Å²) in [5, 5.41) is 0. The molecule has 3 aromatic carbocycles. The van der Waals surface area contributed by atoms with E-state index in [1.807, 2.05) is 0 Å². The van der Waals surface area contributed by atoms with Crippen molar-refractivity contribution in [3.63, 3.8) is 0 Å². The topological polar surface area (TPSA) is 56.2 Å². The fourth-order valence-corrected chi connectivity index (χ4v) is 4.03. The molecule has 0 spiro atoms. The normalized spacial score (nSPS) is 16.1. The Morgan fingerprint density at radius 1 is 0.811 bits per heavy atom. The van der Waals surface area contributed by atoms with Crippen LogP contribution in [0.15, 0.2) is 71.7 Å². The molecule has 0 N–H and O–H groups in total. The zero-order valence-corrected chi connectivity index (χ0v) is 20.9. The SMILES string of the molecule is CN1C(=O)C(=NC(N(c2ccc(F)c(F)c2)c2ccc(F)c(F)c2)C(Cl)(Cl)Cl)N(c2ccccc2)C1=O. The third-order valence-electron chi connectivity index (χ3n) is 5.34. The summed E-state index contributed by atoms with van der Waals surface area (Å²) in [5.41, 5.74) is -0.0943. The standard InChI is InChI=1S/C24H15Cl3F4N4O2/c1-33-21(36)20(35(23(33)37)13-5-3-2-4-6-13)32-22(24(25,26)27)34(14-7-9-16(28)18(30)11-14)15-8-10-17(29)19(31)12-15/h2-12,22H,1H3. The number of benzene rings is 3. The van der Waals surface area contributed by atoms with Gasteiger partial charge in [-0.15, -0.1) is 0 Å². The Hall–Kier alpha value is -3.34. The highest BCUT2D eigenvalue weighted by Crippen LogP contribution is 2.42. The number of amidine groups is 1. The number of urea groups is 1. The van der Waals surface area contributed by atoms with Crippen LogP contribution in [0.3, 0.4) is 0 Å². The van der Waals surface area contributed by atoms with Crippen molar-refractivity contribution in [3.8, 4) is 0 Å². The van der Waals surface area contributed by atoms with E-state index in [4.69, 9.17) is 34.8 Å². The number of amides is 3. The predicted octanol–water partition coefficient (Wildman–Crippen LogP) is 6.57. The molecule has 1 aliphatic heterocycles. The number of aliphatic imine (C=N–C) groups is 1. The second kappa shape index (κ2) is 10.2. The van der Waals surface area contributed by atoms with Crippen LogP contribution in [-0.2, 0) is 4.79 Å². The first-order valence-corrected chi connectivity index (χ1v) is 11.5. The zero-order valence-electron chi connectivity index (χ0n) is 18.7. The number of carbonyl (C=O) groups excluding carboxylic acids is 2. The number of carbonyl (C=O) groups is 2. The zero-order chi connectivity index (χ0) is 27.1. The van der Waals surface area contributed by atoms with Crippen LogP contribution in [0, 0.1) is 23.3 Å². The number of imide groups is 1. The van der Waals surface area contributed by atoms with E-state index in [0.717, 1.165) is 51.1 Å². The number of halogens is 7. The summed E-state index contributed by atoms with van der Waals surface area (Å²) in [6.45, 7) is 0. The van der Waals surface area contributed by atoms with Crippen molar-refractivity contribution in [2.45, 2.75) is 9.96 Å². The number of nitrogens with zero attached hydrogens (tertiary/aromatic N) is 4. The van der Waals surface area contributed by atoms with Crippen LogP contribution in [0.25, 0.3) is 0 Å². The minimum Gasteiger partial charge on any atom is -0.315 e. The number of likely N-dealkylation sites (N-methyl/N-ethyl adjacent to an activating group) is 1. The van der Waals surface area contributed by atoms with Crippen LogP contribution >= 0.6 is 34.8 Å². The van der Waals surface area contributed by atoms with E-state index in [0.29, 0.717) is 0 Å². The van der Waals surface area contributed by atoms with Crippen molar-refractivity contribution in [3.05, 3.63) is 90.0 Å². The fourth-order valence-electron chi connectivity index (χ4n) is 3.59. The third-order valence-corrected chi connectivity index (χ3v) is 5.93. The molecule has 0 aliphatic carbocycles. The highest BCUT2D eigenvalue weighted by Gasteiger charge is 2.46. The Balaban J connectivity index is 1.96. The Bertz CT molecular complexity index is 1350. The molecule has 6 nitrogen and oxygen atoms in total. The molecular formula is C24H15Cl3F4N4O2. The smallest absolute Gasteiger partial charge is 0.315 e. The molecule has 1 aliphatic rings. The molecule has 0 saturated carbocycles. The molecule has 0 bridgehead atoms. The number of hydrogen-bond acceptors (Lipinski definition) is 4. The van der Waals surface area contributed by atoms with Gasteiger partial charge >= 0.3 is 6.03 Å². The van der Waals surface area contributed by atoms with E-state index in [2.05, 4.69) is 4.99 Å². The fraction of sp³-hybridized carbons (Fsp3) is 0.125. The van der Waals surface area contributed by atoms with Gasteiger partial charge in [0.1, 0.15) is 0 Å². The maximum Gasteiger partial charge on any atom is 0.337 e. The number of rotatable bonds is 5. The minimum atomic E-state index is -2.41. The highest BCUT2D eigenvalue weighted by atomic mass is 35.6. The van der Waals surface area contributed by atoms with Crippen LogP contribution in [0.4, 0.5) is 39.4 Å². The summed E-state index contributed by atoms with van der Waals surface area (Å²) in [7, 11) is 1.22. The maximum atomic E-state index is 14.2. The first kappa shape index (κ1) is 26.7. The summed E-state index contributed by atoms with van der Waals surface area (Å²) >= 11 is 18.7. The molecule has 1 unspecified atom stereocenters. The number of para-hydroxylation sites is 1. The largest absolute Gasteiger partial charge is 0.337 e. The lowest BCUT2D eigenvalue weighted by Gasteiger charge is -2.35. The van der Waals surface area contributed by atoms with Gasteiger partial charge in [0.25, 0.3) is 5.91 Å². The molecule has 1 fully saturated rings.